The number of carbonyl (C=O) groups is 1. The number of esters is 1. The van der Waals surface area contributed by atoms with E-state index in [2.05, 4.69) is 6.92 Å². The highest BCUT2D eigenvalue weighted by Crippen LogP contribution is 2.13. The van der Waals surface area contributed by atoms with Crippen molar-refractivity contribution in [2.24, 2.45) is 0 Å². The van der Waals surface area contributed by atoms with Crippen LogP contribution < -0.4 is 0 Å². The van der Waals surface area contributed by atoms with Gasteiger partial charge in [0.05, 0.1) is 0 Å². The van der Waals surface area contributed by atoms with Crippen molar-refractivity contribution in [2.75, 3.05) is 27.2 Å². The van der Waals surface area contributed by atoms with E-state index < -0.39 is 6.10 Å². The molecule has 1 unspecified atom stereocenters. The Morgan fingerprint density at radius 3 is 1.59 bits per heavy atom. The lowest BCUT2D eigenvalue weighted by Crippen LogP contribution is -2.30. The summed E-state index contributed by atoms with van der Waals surface area (Å²) in [6.07, 6.45) is 19.7. The third-order valence-corrected chi connectivity index (χ3v) is 5.00. The van der Waals surface area contributed by atoms with Crippen LogP contribution in [0.15, 0.2) is 0 Å². The molecule has 0 aromatic heterocycles. The van der Waals surface area contributed by atoms with Gasteiger partial charge in [-0.15, -0.1) is 0 Å². The molecule has 0 heterocycles. The van der Waals surface area contributed by atoms with E-state index >= 15 is 0 Å². The number of aliphatic hydroxyl groups excluding tert-OH is 1. The predicted molar refractivity (Wildman–Crippen MR) is 115 cm³/mol. The van der Waals surface area contributed by atoms with Crippen LogP contribution >= 0.6 is 0 Å². The first-order valence-electron chi connectivity index (χ1n) is 11.5. The van der Waals surface area contributed by atoms with Crippen LogP contribution in [0.1, 0.15) is 110 Å². The van der Waals surface area contributed by atoms with E-state index in [1.165, 1.54) is 83.5 Å². The fourth-order valence-electron chi connectivity index (χ4n) is 3.38. The summed E-state index contributed by atoms with van der Waals surface area (Å²) in [6, 6.07) is 0. The molecule has 0 aliphatic heterocycles. The minimum atomic E-state index is -0.593. The second kappa shape index (κ2) is 20.1. The van der Waals surface area contributed by atoms with Gasteiger partial charge in [0.15, 0.2) is 0 Å². The van der Waals surface area contributed by atoms with Crippen molar-refractivity contribution in [1.82, 2.24) is 4.90 Å². The molecule has 0 amide bonds. The first kappa shape index (κ1) is 26.4. The van der Waals surface area contributed by atoms with E-state index in [-0.39, 0.29) is 12.6 Å². The summed E-state index contributed by atoms with van der Waals surface area (Å²) in [4.78, 5) is 13.5. The molecule has 1 N–H and O–H groups in total. The summed E-state index contributed by atoms with van der Waals surface area (Å²) in [5.74, 6) is -0.178. The monoisotopic (exact) mass is 385 g/mol. The number of unbranched alkanes of at least 4 members (excludes halogenated alkanes) is 14. The lowest BCUT2D eigenvalue weighted by molar-refractivity contribution is -0.147. The third kappa shape index (κ3) is 21.5. The third-order valence-electron chi connectivity index (χ3n) is 5.00. The quantitative estimate of drug-likeness (QED) is 0.215. The largest absolute Gasteiger partial charge is 0.463 e. The molecule has 0 radical (unpaired) electrons. The van der Waals surface area contributed by atoms with Crippen LogP contribution in [0.5, 0.6) is 0 Å². The summed E-state index contributed by atoms with van der Waals surface area (Å²) < 4.78 is 5.11. The first-order valence-corrected chi connectivity index (χ1v) is 11.5. The van der Waals surface area contributed by atoms with Crippen LogP contribution in [-0.2, 0) is 9.53 Å². The Labute approximate surface area is 169 Å². The zero-order valence-electron chi connectivity index (χ0n) is 18.5. The smallest absolute Gasteiger partial charge is 0.305 e. The Bertz CT molecular complexity index is 321. The number of rotatable bonds is 20. The molecule has 0 fully saturated rings. The SMILES string of the molecule is CCCCCCCCCCCCCCCCCC(=O)OCC(O)CN(C)C. The Morgan fingerprint density at radius 2 is 1.19 bits per heavy atom. The number of hydrogen-bond acceptors (Lipinski definition) is 4. The molecule has 0 aromatic rings. The highest BCUT2D eigenvalue weighted by atomic mass is 16.5. The Balaban J connectivity index is 3.21. The average Bonchev–Trinajstić information content (AvgIpc) is 2.62. The highest BCUT2D eigenvalue weighted by molar-refractivity contribution is 5.69. The standard InChI is InChI=1S/C23H47NO3/c1-4-5-6-7-8-9-10-11-12-13-14-15-16-17-18-19-23(26)27-21-22(25)20-24(2)3/h22,25H,4-21H2,1-3H3. The molecule has 0 saturated heterocycles. The zero-order chi connectivity index (χ0) is 20.2. The van der Waals surface area contributed by atoms with Gasteiger partial charge in [-0.25, -0.2) is 0 Å². The summed E-state index contributed by atoms with van der Waals surface area (Å²) >= 11 is 0. The maximum atomic E-state index is 11.6. The van der Waals surface area contributed by atoms with Gasteiger partial charge in [-0.1, -0.05) is 96.8 Å². The number of hydrogen-bond donors (Lipinski definition) is 1. The molecule has 4 heteroatoms. The van der Waals surface area contributed by atoms with E-state index in [1.54, 1.807) is 0 Å². The predicted octanol–water partition coefficient (Wildman–Crippen LogP) is 5.71. The molecule has 0 aliphatic carbocycles. The molecule has 1 atom stereocenters. The normalized spacial score (nSPS) is 12.5. The molecule has 0 rings (SSSR count). The van der Waals surface area contributed by atoms with Crippen LogP contribution in [0.25, 0.3) is 0 Å². The topological polar surface area (TPSA) is 49.8 Å². The minimum absolute atomic E-state index is 0.107. The van der Waals surface area contributed by atoms with Gasteiger partial charge in [0.1, 0.15) is 12.7 Å². The van der Waals surface area contributed by atoms with Gasteiger partial charge in [0.25, 0.3) is 0 Å². The van der Waals surface area contributed by atoms with E-state index in [0.29, 0.717) is 13.0 Å². The van der Waals surface area contributed by atoms with E-state index in [4.69, 9.17) is 4.74 Å². The van der Waals surface area contributed by atoms with E-state index in [0.717, 1.165) is 12.8 Å². The molecule has 162 valence electrons. The van der Waals surface area contributed by atoms with Gasteiger partial charge in [-0.3, -0.25) is 4.79 Å². The van der Waals surface area contributed by atoms with Crippen LogP contribution in [0.4, 0.5) is 0 Å². The van der Waals surface area contributed by atoms with Gasteiger partial charge < -0.3 is 14.7 Å². The Kier molecular flexibility index (Phi) is 19.7. The van der Waals surface area contributed by atoms with Crippen LogP contribution in [0.2, 0.25) is 0 Å². The van der Waals surface area contributed by atoms with Crippen molar-refractivity contribution in [2.45, 2.75) is 116 Å². The number of aliphatic hydroxyl groups is 1. The van der Waals surface area contributed by atoms with Crippen molar-refractivity contribution in [3.8, 4) is 0 Å². The van der Waals surface area contributed by atoms with Gasteiger partial charge >= 0.3 is 5.97 Å². The van der Waals surface area contributed by atoms with Crippen LogP contribution in [0.3, 0.4) is 0 Å². The van der Waals surface area contributed by atoms with Crippen molar-refractivity contribution < 1.29 is 14.6 Å². The first-order chi connectivity index (χ1) is 13.1. The molecule has 0 spiro atoms. The molecule has 0 bridgehead atoms. The minimum Gasteiger partial charge on any atom is -0.463 e. The molecule has 0 aromatic carbocycles. The lowest BCUT2D eigenvalue weighted by Gasteiger charge is -2.15. The summed E-state index contributed by atoms with van der Waals surface area (Å²) in [6.45, 7) is 2.90. The molecule has 27 heavy (non-hydrogen) atoms. The summed E-state index contributed by atoms with van der Waals surface area (Å²) in [5.41, 5.74) is 0. The number of nitrogens with zero attached hydrogens (tertiary/aromatic N) is 1. The maximum absolute atomic E-state index is 11.6. The van der Waals surface area contributed by atoms with Gasteiger partial charge in [0, 0.05) is 13.0 Å². The molecule has 0 saturated carbocycles. The lowest BCUT2D eigenvalue weighted by atomic mass is 10.0. The second-order valence-electron chi connectivity index (χ2n) is 8.30. The Hall–Kier alpha value is -0.610. The molecular formula is C23H47NO3. The van der Waals surface area contributed by atoms with E-state index in [1.807, 2.05) is 19.0 Å². The number of ether oxygens (including phenoxy) is 1. The summed E-state index contributed by atoms with van der Waals surface area (Å²) in [5, 5.41) is 9.65. The van der Waals surface area contributed by atoms with E-state index in [9.17, 15) is 9.90 Å². The average molecular weight is 386 g/mol. The number of likely N-dealkylation sites (N-methyl/N-ethyl adjacent to an activating group) is 1. The fraction of sp³-hybridized carbons (Fsp3) is 0.957. The van der Waals surface area contributed by atoms with Crippen molar-refractivity contribution in [3.63, 3.8) is 0 Å². The van der Waals surface area contributed by atoms with Crippen molar-refractivity contribution in [3.05, 3.63) is 0 Å². The molecular weight excluding hydrogens is 338 g/mol. The van der Waals surface area contributed by atoms with Gasteiger partial charge in [-0.05, 0) is 20.5 Å². The maximum Gasteiger partial charge on any atom is 0.305 e. The molecule has 0 aliphatic rings. The van der Waals surface area contributed by atoms with Crippen LogP contribution in [0, 0.1) is 0 Å². The zero-order valence-corrected chi connectivity index (χ0v) is 18.5. The fourth-order valence-corrected chi connectivity index (χ4v) is 3.38. The van der Waals surface area contributed by atoms with Crippen LogP contribution in [-0.4, -0.2) is 49.3 Å². The second-order valence-corrected chi connectivity index (χ2v) is 8.30. The highest BCUT2D eigenvalue weighted by Gasteiger charge is 2.09. The van der Waals surface area contributed by atoms with Crippen molar-refractivity contribution >= 4 is 5.97 Å². The Morgan fingerprint density at radius 1 is 0.778 bits per heavy atom. The summed E-state index contributed by atoms with van der Waals surface area (Å²) in [7, 11) is 3.78. The van der Waals surface area contributed by atoms with Gasteiger partial charge in [-0.2, -0.15) is 0 Å². The van der Waals surface area contributed by atoms with Gasteiger partial charge in [0.2, 0.25) is 0 Å². The van der Waals surface area contributed by atoms with Crippen molar-refractivity contribution in [1.29, 1.82) is 0 Å². The molecule has 4 nitrogen and oxygen atoms in total. The number of carbonyl (C=O) groups excluding carboxylic acids is 1.